The summed E-state index contributed by atoms with van der Waals surface area (Å²) in [6.07, 6.45) is 0. The van der Waals surface area contributed by atoms with Crippen molar-refractivity contribution in [1.29, 1.82) is 0 Å². The number of hydrogen-bond acceptors (Lipinski definition) is 3. The highest BCUT2D eigenvalue weighted by Gasteiger charge is 2.41. The van der Waals surface area contributed by atoms with E-state index in [9.17, 15) is 9.59 Å². The minimum Gasteiger partial charge on any atom is -0.336 e. The Morgan fingerprint density at radius 3 is 2.17 bits per heavy atom. The van der Waals surface area contributed by atoms with Crippen molar-refractivity contribution in [2.75, 3.05) is 16.3 Å². The van der Waals surface area contributed by atoms with E-state index >= 15 is 0 Å². The molecule has 122 valence electrons. The summed E-state index contributed by atoms with van der Waals surface area (Å²) in [6.45, 7) is 4.38. The molecule has 2 aromatic rings. The van der Waals surface area contributed by atoms with Gasteiger partial charge in [0.15, 0.2) is 0 Å². The van der Waals surface area contributed by atoms with Gasteiger partial charge in [0.1, 0.15) is 10.7 Å². The number of carbonyl (C=O) groups is 2. The molecule has 0 bridgehead atoms. The number of aryl methyl sites for hydroxylation is 1. The smallest absolute Gasteiger partial charge is 0.283 e. The first-order valence-electron chi connectivity index (χ1n) is 7.72. The Labute approximate surface area is 145 Å². The number of amides is 2. The van der Waals surface area contributed by atoms with E-state index in [1.54, 1.807) is 17.0 Å². The number of para-hydroxylation sites is 1. The minimum absolute atomic E-state index is 0.0497. The van der Waals surface area contributed by atoms with Crippen LogP contribution in [0.4, 0.5) is 11.4 Å². The quantitative estimate of drug-likeness (QED) is 0.794. The van der Waals surface area contributed by atoms with Crippen LogP contribution in [0.15, 0.2) is 65.3 Å². The van der Waals surface area contributed by atoms with Crippen LogP contribution in [-0.4, -0.2) is 18.4 Å². The lowest BCUT2D eigenvalue weighted by Gasteiger charge is -2.24. The fourth-order valence-corrected chi connectivity index (χ4v) is 3.00. The minimum atomic E-state index is -0.491. The molecule has 0 spiro atoms. The number of halogens is 1. The number of hydrogen-bond donors (Lipinski definition) is 0. The third-order valence-corrected chi connectivity index (χ3v) is 4.29. The molecule has 4 nitrogen and oxygen atoms in total. The van der Waals surface area contributed by atoms with E-state index in [1.165, 1.54) is 0 Å². The molecule has 2 aromatic carbocycles. The average molecular weight is 341 g/mol. The molecule has 2 amide bonds. The van der Waals surface area contributed by atoms with Gasteiger partial charge < -0.3 is 4.90 Å². The predicted octanol–water partition coefficient (Wildman–Crippen LogP) is 3.85. The molecule has 1 aliphatic heterocycles. The maximum Gasteiger partial charge on any atom is 0.283 e. The lowest BCUT2D eigenvalue weighted by atomic mass is 10.2. The third kappa shape index (κ3) is 2.69. The molecule has 0 aromatic heterocycles. The van der Waals surface area contributed by atoms with Gasteiger partial charge in [-0.05, 0) is 38.1 Å². The molecule has 0 saturated heterocycles. The van der Waals surface area contributed by atoms with Gasteiger partial charge >= 0.3 is 0 Å². The molecule has 0 atom stereocenters. The van der Waals surface area contributed by atoms with Gasteiger partial charge in [0.05, 0.1) is 5.69 Å². The van der Waals surface area contributed by atoms with Crippen molar-refractivity contribution in [3.63, 3.8) is 0 Å². The first kappa shape index (κ1) is 16.3. The maximum absolute atomic E-state index is 12.9. The van der Waals surface area contributed by atoms with Crippen molar-refractivity contribution in [3.8, 4) is 0 Å². The molecule has 0 saturated carbocycles. The van der Waals surface area contributed by atoms with E-state index in [1.807, 2.05) is 56.3 Å². The molecular formula is C19H17ClN2O2. The standard InChI is InChI=1S/C19H17ClN2O2/c1-3-21(14-7-5-4-6-8-14)17-16(20)18(23)22(19(17)24)15-11-9-13(2)10-12-15/h4-12H,3H2,1-2H3. The van der Waals surface area contributed by atoms with Crippen molar-refractivity contribution in [3.05, 3.63) is 70.9 Å². The maximum atomic E-state index is 12.9. The average Bonchev–Trinajstić information content (AvgIpc) is 2.81. The fraction of sp³-hybridized carbons (Fsp3) is 0.158. The molecule has 24 heavy (non-hydrogen) atoms. The van der Waals surface area contributed by atoms with E-state index in [2.05, 4.69) is 0 Å². The summed E-state index contributed by atoms with van der Waals surface area (Å²) >= 11 is 6.25. The van der Waals surface area contributed by atoms with Gasteiger partial charge in [-0.15, -0.1) is 0 Å². The monoisotopic (exact) mass is 340 g/mol. The normalized spacial score (nSPS) is 14.5. The molecule has 1 aliphatic rings. The predicted molar refractivity (Wildman–Crippen MR) is 96.0 cm³/mol. The van der Waals surface area contributed by atoms with Crippen molar-refractivity contribution in [2.45, 2.75) is 13.8 Å². The summed E-state index contributed by atoms with van der Waals surface area (Å²) in [5.41, 5.74) is 2.61. The van der Waals surface area contributed by atoms with Gasteiger partial charge in [-0.25, -0.2) is 4.90 Å². The largest absolute Gasteiger partial charge is 0.336 e. The van der Waals surface area contributed by atoms with Crippen LogP contribution < -0.4 is 9.80 Å². The zero-order valence-corrected chi connectivity index (χ0v) is 14.2. The van der Waals surface area contributed by atoms with Crippen molar-refractivity contribution in [1.82, 2.24) is 0 Å². The number of anilines is 2. The molecule has 0 aliphatic carbocycles. The molecule has 1 heterocycles. The van der Waals surface area contributed by atoms with Crippen LogP contribution in [0.3, 0.4) is 0 Å². The second-order valence-corrected chi connectivity index (χ2v) is 5.90. The van der Waals surface area contributed by atoms with Gasteiger partial charge in [0.2, 0.25) is 0 Å². The van der Waals surface area contributed by atoms with Crippen LogP contribution in [-0.2, 0) is 9.59 Å². The number of imide groups is 1. The molecular weight excluding hydrogens is 324 g/mol. The van der Waals surface area contributed by atoms with E-state index in [0.29, 0.717) is 12.2 Å². The summed E-state index contributed by atoms with van der Waals surface area (Å²) in [5.74, 6) is -0.894. The van der Waals surface area contributed by atoms with Gasteiger partial charge in [-0.2, -0.15) is 0 Å². The number of nitrogens with zero attached hydrogens (tertiary/aromatic N) is 2. The summed E-state index contributed by atoms with van der Waals surface area (Å²) in [5, 5.41) is -0.0497. The Hall–Kier alpha value is -2.59. The molecule has 5 heteroatoms. The number of carbonyl (C=O) groups excluding carboxylic acids is 2. The topological polar surface area (TPSA) is 40.6 Å². The number of rotatable bonds is 4. The first-order valence-corrected chi connectivity index (χ1v) is 8.10. The zero-order valence-electron chi connectivity index (χ0n) is 13.5. The van der Waals surface area contributed by atoms with Crippen LogP contribution in [0, 0.1) is 6.92 Å². The van der Waals surface area contributed by atoms with Gasteiger partial charge in [0.25, 0.3) is 11.8 Å². The van der Waals surface area contributed by atoms with Crippen LogP contribution in [0.1, 0.15) is 12.5 Å². The molecule has 3 rings (SSSR count). The molecule has 0 N–H and O–H groups in total. The highest BCUT2D eigenvalue weighted by atomic mass is 35.5. The summed E-state index contributed by atoms with van der Waals surface area (Å²) < 4.78 is 0. The van der Waals surface area contributed by atoms with E-state index in [0.717, 1.165) is 16.2 Å². The Balaban J connectivity index is 2.01. The molecule has 0 unspecified atom stereocenters. The van der Waals surface area contributed by atoms with Crippen molar-refractivity contribution >= 4 is 34.8 Å². The Morgan fingerprint density at radius 2 is 1.58 bits per heavy atom. The third-order valence-electron chi connectivity index (χ3n) is 3.95. The summed E-state index contributed by atoms with van der Waals surface area (Å²) in [4.78, 5) is 28.3. The number of likely N-dealkylation sites (N-methyl/N-ethyl adjacent to an activating group) is 1. The molecule has 0 radical (unpaired) electrons. The Bertz CT molecular complexity index is 813. The van der Waals surface area contributed by atoms with Crippen LogP contribution in [0.5, 0.6) is 0 Å². The number of benzene rings is 2. The van der Waals surface area contributed by atoms with Crippen molar-refractivity contribution in [2.24, 2.45) is 0 Å². The zero-order chi connectivity index (χ0) is 17.3. The lowest BCUT2D eigenvalue weighted by Crippen LogP contribution is -2.35. The van der Waals surface area contributed by atoms with E-state index in [4.69, 9.17) is 11.6 Å². The lowest BCUT2D eigenvalue weighted by molar-refractivity contribution is -0.120. The summed E-state index contributed by atoms with van der Waals surface area (Å²) in [6, 6.07) is 16.6. The Morgan fingerprint density at radius 1 is 0.958 bits per heavy atom. The Kier molecular flexibility index (Phi) is 4.40. The summed E-state index contributed by atoms with van der Waals surface area (Å²) in [7, 11) is 0. The SMILES string of the molecule is CCN(C1=C(Cl)C(=O)N(c2ccc(C)cc2)C1=O)c1ccccc1. The highest BCUT2D eigenvalue weighted by molar-refractivity contribution is 6.53. The molecule has 0 fully saturated rings. The fourth-order valence-electron chi connectivity index (χ4n) is 2.73. The van der Waals surface area contributed by atoms with E-state index in [-0.39, 0.29) is 10.7 Å². The van der Waals surface area contributed by atoms with Gasteiger partial charge in [0, 0.05) is 12.2 Å². The van der Waals surface area contributed by atoms with Crippen molar-refractivity contribution < 1.29 is 9.59 Å². The van der Waals surface area contributed by atoms with E-state index < -0.39 is 11.8 Å². The van der Waals surface area contributed by atoms with Crippen LogP contribution in [0.25, 0.3) is 0 Å². The second kappa shape index (κ2) is 6.49. The second-order valence-electron chi connectivity index (χ2n) is 5.52. The van der Waals surface area contributed by atoms with Crippen LogP contribution in [0.2, 0.25) is 0 Å². The van der Waals surface area contributed by atoms with Gasteiger partial charge in [-0.1, -0.05) is 47.5 Å². The van der Waals surface area contributed by atoms with Crippen LogP contribution >= 0.6 is 11.6 Å². The first-order chi connectivity index (χ1) is 11.5. The highest BCUT2D eigenvalue weighted by Crippen LogP contribution is 2.33. The van der Waals surface area contributed by atoms with Gasteiger partial charge in [-0.3, -0.25) is 9.59 Å².